The summed E-state index contributed by atoms with van der Waals surface area (Å²) in [6, 6.07) is 4.96. The summed E-state index contributed by atoms with van der Waals surface area (Å²) in [5.41, 5.74) is 6.48. The first-order valence-corrected chi connectivity index (χ1v) is 8.04. The SMILES string of the molecule is CN(CCS(C)(=O)=O)C(=O)c1ccc(Br)cc1N.Cl. The first-order valence-electron chi connectivity index (χ1n) is 5.19. The number of anilines is 1. The number of carbonyl (C=O) groups is 1. The van der Waals surface area contributed by atoms with Crippen LogP contribution >= 0.6 is 28.3 Å². The monoisotopic (exact) mass is 370 g/mol. The molecular formula is C11H16BrClN2O3S. The fraction of sp³-hybridized carbons (Fsp3) is 0.364. The van der Waals surface area contributed by atoms with Gasteiger partial charge < -0.3 is 10.6 Å². The van der Waals surface area contributed by atoms with E-state index in [4.69, 9.17) is 5.73 Å². The van der Waals surface area contributed by atoms with Crippen LogP contribution < -0.4 is 5.73 Å². The van der Waals surface area contributed by atoms with E-state index in [1.165, 1.54) is 4.90 Å². The highest BCUT2D eigenvalue weighted by Crippen LogP contribution is 2.19. The molecule has 0 atom stereocenters. The van der Waals surface area contributed by atoms with Crippen LogP contribution in [-0.4, -0.2) is 44.8 Å². The van der Waals surface area contributed by atoms with Crippen molar-refractivity contribution in [1.29, 1.82) is 0 Å². The van der Waals surface area contributed by atoms with E-state index in [0.29, 0.717) is 11.3 Å². The molecule has 0 saturated heterocycles. The zero-order valence-electron chi connectivity index (χ0n) is 10.6. The lowest BCUT2D eigenvalue weighted by Crippen LogP contribution is -2.31. The number of amides is 1. The fourth-order valence-electron chi connectivity index (χ4n) is 1.34. The Morgan fingerprint density at radius 2 is 2.00 bits per heavy atom. The molecule has 0 spiro atoms. The van der Waals surface area contributed by atoms with E-state index >= 15 is 0 Å². The number of hydrogen-bond donors (Lipinski definition) is 1. The van der Waals surface area contributed by atoms with Crippen LogP contribution in [0.15, 0.2) is 22.7 Å². The third kappa shape index (κ3) is 5.80. The Hall–Kier alpha value is -0.790. The number of nitrogens with two attached hydrogens (primary N) is 1. The minimum atomic E-state index is -3.08. The van der Waals surface area contributed by atoms with Crippen molar-refractivity contribution in [2.45, 2.75) is 0 Å². The van der Waals surface area contributed by atoms with Gasteiger partial charge in [0.25, 0.3) is 5.91 Å². The second-order valence-electron chi connectivity index (χ2n) is 4.09. The van der Waals surface area contributed by atoms with Gasteiger partial charge in [-0.2, -0.15) is 0 Å². The third-order valence-corrected chi connectivity index (χ3v) is 3.81. The second kappa shape index (κ2) is 7.12. The number of nitrogens with zero attached hydrogens (tertiary/aromatic N) is 1. The number of halogens is 2. The topological polar surface area (TPSA) is 80.5 Å². The fourth-order valence-corrected chi connectivity index (χ4v) is 2.32. The summed E-state index contributed by atoms with van der Waals surface area (Å²) in [4.78, 5) is 13.4. The largest absolute Gasteiger partial charge is 0.398 e. The Kier molecular flexibility index (Phi) is 6.82. The Morgan fingerprint density at radius 3 is 2.47 bits per heavy atom. The molecule has 0 aliphatic heterocycles. The first-order chi connectivity index (χ1) is 8.20. The number of rotatable bonds is 4. The van der Waals surface area contributed by atoms with E-state index < -0.39 is 9.84 Å². The number of sulfone groups is 1. The van der Waals surface area contributed by atoms with Gasteiger partial charge in [-0.15, -0.1) is 12.4 Å². The van der Waals surface area contributed by atoms with Crippen molar-refractivity contribution in [2.24, 2.45) is 0 Å². The normalized spacial score (nSPS) is 10.7. The average molecular weight is 372 g/mol. The Labute approximate surface area is 127 Å². The molecule has 0 aliphatic rings. The molecule has 108 valence electrons. The maximum atomic E-state index is 12.0. The molecule has 1 aromatic carbocycles. The van der Waals surface area contributed by atoms with E-state index in [9.17, 15) is 13.2 Å². The summed E-state index contributed by atoms with van der Waals surface area (Å²) in [6.07, 6.45) is 1.14. The second-order valence-corrected chi connectivity index (χ2v) is 7.26. The highest BCUT2D eigenvalue weighted by Gasteiger charge is 2.16. The van der Waals surface area contributed by atoms with Gasteiger partial charge in [-0.1, -0.05) is 15.9 Å². The summed E-state index contributed by atoms with van der Waals surface area (Å²) in [5.74, 6) is -0.352. The minimum absolute atomic E-state index is 0. The average Bonchev–Trinajstić information content (AvgIpc) is 2.24. The van der Waals surface area contributed by atoms with Crippen LogP contribution in [0.5, 0.6) is 0 Å². The molecule has 0 aliphatic carbocycles. The maximum Gasteiger partial charge on any atom is 0.255 e. The van der Waals surface area contributed by atoms with E-state index in [1.54, 1.807) is 25.2 Å². The molecule has 1 aromatic rings. The predicted octanol–water partition coefficient (Wildman–Crippen LogP) is 1.57. The zero-order chi connectivity index (χ0) is 13.9. The van der Waals surface area contributed by atoms with Crippen molar-refractivity contribution in [2.75, 3.05) is 31.3 Å². The van der Waals surface area contributed by atoms with Crippen LogP contribution in [0.1, 0.15) is 10.4 Å². The number of benzene rings is 1. The number of nitrogen functional groups attached to an aromatic ring is 1. The van der Waals surface area contributed by atoms with Crippen molar-refractivity contribution in [3.8, 4) is 0 Å². The maximum absolute atomic E-state index is 12.0. The van der Waals surface area contributed by atoms with E-state index in [-0.39, 0.29) is 30.6 Å². The molecule has 2 N–H and O–H groups in total. The Morgan fingerprint density at radius 1 is 1.42 bits per heavy atom. The Bertz CT molecular complexity index is 563. The lowest BCUT2D eigenvalue weighted by molar-refractivity contribution is 0.0804. The van der Waals surface area contributed by atoms with Gasteiger partial charge in [0, 0.05) is 30.0 Å². The summed E-state index contributed by atoms with van der Waals surface area (Å²) < 4.78 is 22.9. The molecule has 1 amide bonds. The van der Waals surface area contributed by atoms with Crippen LogP contribution in [0.4, 0.5) is 5.69 Å². The van der Waals surface area contributed by atoms with Crippen molar-refractivity contribution in [3.05, 3.63) is 28.2 Å². The molecule has 0 saturated carbocycles. The number of carbonyl (C=O) groups excluding carboxylic acids is 1. The highest BCUT2D eigenvalue weighted by atomic mass is 79.9. The van der Waals surface area contributed by atoms with Crippen LogP contribution in [-0.2, 0) is 9.84 Å². The van der Waals surface area contributed by atoms with Gasteiger partial charge in [-0.05, 0) is 18.2 Å². The van der Waals surface area contributed by atoms with Gasteiger partial charge in [-0.3, -0.25) is 4.79 Å². The molecule has 0 aromatic heterocycles. The quantitative estimate of drug-likeness (QED) is 0.815. The van der Waals surface area contributed by atoms with E-state index in [0.717, 1.165) is 10.7 Å². The van der Waals surface area contributed by atoms with Gasteiger partial charge >= 0.3 is 0 Å². The van der Waals surface area contributed by atoms with Crippen molar-refractivity contribution >= 4 is 49.8 Å². The molecular weight excluding hydrogens is 356 g/mol. The summed E-state index contributed by atoms with van der Waals surface area (Å²) >= 11 is 3.26. The summed E-state index contributed by atoms with van der Waals surface area (Å²) in [6.45, 7) is 0.146. The van der Waals surface area contributed by atoms with Gasteiger partial charge in [0.1, 0.15) is 9.84 Å². The lowest BCUT2D eigenvalue weighted by atomic mass is 10.1. The van der Waals surface area contributed by atoms with Gasteiger partial charge in [0.2, 0.25) is 0 Å². The van der Waals surface area contributed by atoms with Crippen molar-refractivity contribution < 1.29 is 13.2 Å². The minimum Gasteiger partial charge on any atom is -0.398 e. The van der Waals surface area contributed by atoms with Gasteiger partial charge in [0.15, 0.2) is 0 Å². The number of hydrogen-bond acceptors (Lipinski definition) is 4. The van der Waals surface area contributed by atoms with Gasteiger partial charge in [-0.25, -0.2) is 8.42 Å². The molecule has 0 fully saturated rings. The standard InChI is InChI=1S/C11H15BrN2O3S.ClH/c1-14(5-6-18(2,16)17)11(15)9-4-3-8(12)7-10(9)13;/h3-4,7H,5-6,13H2,1-2H3;1H. The Balaban J connectivity index is 0.00000324. The van der Waals surface area contributed by atoms with Crippen LogP contribution in [0.25, 0.3) is 0 Å². The van der Waals surface area contributed by atoms with E-state index in [2.05, 4.69) is 15.9 Å². The predicted molar refractivity (Wildman–Crippen MR) is 82.5 cm³/mol. The molecule has 1 rings (SSSR count). The highest BCUT2D eigenvalue weighted by molar-refractivity contribution is 9.10. The van der Waals surface area contributed by atoms with Crippen LogP contribution in [0.2, 0.25) is 0 Å². The molecule has 0 heterocycles. The zero-order valence-corrected chi connectivity index (χ0v) is 13.8. The molecule has 0 unspecified atom stereocenters. The molecule has 5 nitrogen and oxygen atoms in total. The summed E-state index contributed by atoms with van der Waals surface area (Å²) in [5, 5.41) is 0. The molecule has 0 radical (unpaired) electrons. The molecule has 0 bridgehead atoms. The van der Waals surface area contributed by atoms with Crippen molar-refractivity contribution in [3.63, 3.8) is 0 Å². The van der Waals surface area contributed by atoms with Gasteiger partial charge in [0.05, 0.1) is 11.3 Å². The molecule has 19 heavy (non-hydrogen) atoms. The van der Waals surface area contributed by atoms with Crippen LogP contribution in [0.3, 0.4) is 0 Å². The van der Waals surface area contributed by atoms with Crippen molar-refractivity contribution in [1.82, 2.24) is 4.90 Å². The lowest BCUT2D eigenvalue weighted by Gasteiger charge is -2.17. The third-order valence-electron chi connectivity index (χ3n) is 2.39. The molecule has 8 heteroatoms. The first kappa shape index (κ1) is 18.2. The van der Waals surface area contributed by atoms with Crippen LogP contribution in [0, 0.1) is 0 Å². The summed E-state index contributed by atoms with van der Waals surface area (Å²) in [7, 11) is -1.53. The smallest absolute Gasteiger partial charge is 0.255 e. The van der Waals surface area contributed by atoms with E-state index in [1.807, 2.05) is 0 Å².